The van der Waals surface area contributed by atoms with E-state index in [2.05, 4.69) is 0 Å². The summed E-state index contributed by atoms with van der Waals surface area (Å²) in [6.07, 6.45) is 0.844. The van der Waals surface area contributed by atoms with Crippen molar-refractivity contribution >= 4 is 6.09 Å². The molecule has 0 aromatic heterocycles. The molecule has 92 valence electrons. The first-order valence-electron chi connectivity index (χ1n) is 5.80. The maximum Gasteiger partial charge on any atom is 0.407 e. The van der Waals surface area contributed by atoms with E-state index in [0.29, 0.717) is 12.5 Å². The van der Waals surface area contributed by atoms with Crippen molar-refractivity contribution < 1.29 is 14.3 Å². The molecule has 1 N–H and O–H groups in total. The van der Waals surface area contributed by atoms with E-state index in [1.54, 1.807) is 12.1 Å². The van der Waals surface area contributed by atoms with Gasteiger partial charge in [0.2, 0.25) is 0 Å². The molecule has 1 fully saturated rings. The van der Waals surface area contributed by atoms with Crippen LogP contribution >= 0.6 is 0 Å². The molecule has 1 aromatic carbocycles. The van der Waals surface area contributed by atoms with Crippen molar-refractivity contribution in [3.05, 3.63) is 35.6 Å². The minimum atomic E-state index is -0.848. The van der Waals surface area contributed by atoms with Crippen LogP contribution in [0.25, 0.3) is 0 Å². The van der Waals surface area contributed by atoms with E-state index in [0.717, 1.165) is 18.4 Å². The molecule has 17 heavy (non-hydrogen) atoms. The first kappa shape index (κ1) is 11.9. The third kappa shape index (κ3) is 2.75. The molecule has 0 unspecified atom stereocenters. The maximum atomic E-state index is 12.7. The molecule has 0 bridgehead atoms. The number of hydrogen-bond donors (Lipinski definition) is 1. The third-order valence-corrected chi connectivity index (χ3v) is 3.34. The summed E-state index contributed by atoms with van der Waals surface area (Å²) in [7, 11) is 0. The van der Waals surface area contributed by atoms with Crippen molar-refractivity contribution in [2.75, 3.05) is 6.54 Å². The molecule has 3 nitrogen and oxygen atoms in total. The maximum absolute atomic E-state index is 12.7. The predicted molar refractivity (Wildman–Crippen MR) is 62.4 cm³/mol. The summed E-state index contributed by atoms with van der Waals surface area (Å²) >= 11 is 0. The lowest BCUT2D eigenvalue weighted by molar-refractivity contribution is 0.142. The summed E-state index contributed by atoms with van der Waals surface area (Å²) in [5.41, 5.74) is 1.07. The Kier molecular flexibility index (Phi) is 3.31. The highest BCUT2D eigenvalue weighted by atomic mass is 19.1. The van der Waals surface area contributed by atoms with Gasteiger partial charge in [0, 0.05) is 12.6 Å². The fourth-order valence-electron chi connectivity index (χ4n) is 2.51. The summed E-state index contributed by atoms with van der Waals surface area (Å²) in [5, 5.41) is 8.98. The van der Waals surface area contributed by atoms with Crippen molar-refractivity contribution in [3.8, 4) is 0 Å². The zero-order chi connectivity index (χ0) is 12.4. The molecule has 0 aliphatic carbocycles. The largest absolute Gasteiger partial charge is 0.465 e. The van der Waals surface area contributed by atoms with Crippen LogP contribution < -0.4 is 0 Å². The Morgan fingerprint density at radius 3 is 2.65 bits per heavy atom. The van der Waals surface area contributed by atoms with E-state index in [1.807, 2.05) is 6.92 Å². The molecule has 1 saturated heterocycles. The van der Waals surface area contributed by atoms with E-state index in [4.69, 9.17) is 5.11 Å². The van der Waals surface area contributed by atoms with Crippen LogP contribution in [0, 0.1) is 11.7 Å². The van der Waals surface area contributed by atoms with Crippen molar-refractivity contribution in [2.45, 2.75) is 25.8 Å². The highest BCUT2D eigenvalue weighted by molar-refractivity contribution is 5.65. The van der Waals surface area contributed by atoms with Gasteiger partial charge in [-0.15, -0.1) is 0 Å². The first-order valence-corrected chi connectivity index (χ1v) is 5.80. The Morgan fingerprint density at radius 1 is 1.47 bits per heavy atom. The van der Waals surface area contributed by atoms with Gasteiger partial charge in [0.1, 0.15) is 5.82 Å². The summed E-state index contributed by atoms with van der Waals surface area (Å²) < 4.78 is 12.7. The van der Waals surface area contributed by atoms with Crippen molar-refractivity contribution in [2.24, 2.45) is 5.92 Å². The summed E-state index contributed by atoms with van der Waals surface area (Å²) in [4.78, 5) is 12.4. The number of halogens is 1. The normalized spacial score (nSPS) is 24.0. The Labute approximate surface area is 99.9 Å². The van der Waals surface area contributed by atoms with E-state index in [-0.39, 0.29) is 11.9 Å². The van der Waals surface area contributed by atoms with Crippen molar-refractivity contribution in [3.63, 3.8) is 0 Å². The topological polar surface area (TPSA) is 40.5 Å². The average molecular weight is 237 g/mol. The molecule has 1 aromatic rings. The van der Waals surface area contributed by atoms with E-state index >= 15 is 0 Å². The van der Waals surface area contributed by atoms with Gasteiger partial charge < -0.3 is 10.0 Å². The van der Waals surface area contributed by atoms with Crippen LogP contribution in [0.1, 0.15) is 18.9 Å². The lowest BCUT2D eigenvalue weighted by Gasteiger charge is -2.16. The number of likely N-dealkylation sites (tertiary alicyclic amines) is 1. The number of carboxylic acid groups (broad SMARTS) is 1. The highest BCUT2D eigenvalue weighted by Gasteiger charge is 2.32. The second-order valence-electron chi connectivity index (χ2n) is 4.72. The van der Waals surface area contributed by atoms with Gasteiger partial charge in [-0.1, -0.05) is 12.1 Å². The summed E-state index contributed by atoms with van der Waals surface area (Å²) in [6, 6.07) is 6.51. The molecule has 1 heterocycles. The number of nitrogens with zero attached hydrogens (tertiary/aromatic N) is 1. The number of carbonyl (C=O) groups is 1. The van der Waals surface area contributed by atoms with Gasteiger partial charge in [-0.25, -0.2) is 9.18 Å². The molecule has 4 heteroatoms. The summed E-state index contributed by atoms with van der Waals surface area (Å²) in [6.45, 7) is 2.51. The van der Waals surface area contributed by atoms with Crippen LogP contribution in [0.15, 0.2) is 24.3 Å². The molecule has 0 spiro atoms. The van der Waals surface area contributed by atoms with E-state index < -0.39 is 6.09 Å². The Bertz CT molecular complexity index is 404. The van der Waals surface area contributed by atoms with Gasteiger partial charge in [0.05, 0.1) is 0 Å². The molecule has 1 aliphatic rings. The molecular formula is C13H16FNO2. The van der Waals surface area contributed by atoms with Crippen LogP contribution in [-0.4, -0.2) is 28.7 Å². The van der Waals surface area contributed by atoms with E-state index in [1.165, 1.54) is 17.0 Å². The zero-order valence-electron chi connectivity index (χ0n) is 9.77. The SMILES string of the molecule is C[C@@H]1C[C@H](Cc2ccc(F)cc2)CN1C(=O)O. The fourth-order valence-corrected chi connectivity index (χ4v) is 2.51. The molecule has 0 saturated carbocycles. The number of rotatable bonds is 2. The summed E-state index contributed by atoms with van der Waals surface area (Å²) in [5.74, 6) is 0.104. The second-order valence-corrected chi connectivity index (χ2v) is 4.72. The fraction of sp³-hybridized carbons (Fsp3) is 0.462. The molecule has 1 amide bonds. The Balaban J connectivity index is 1.97. The average Bonchev–Trinajstić information content (AvgIpc) is 2.63. The Morgan fingerprint density at radius 2 is 2.12 bits per heavy atom. The first-order chi connectivity index (χ1) is 8.06. The second kappa shape index (κ2) is 4.73. The highest BCUT2D eigenvalue weighted by Crippen LogP contribution is 2.26. The number of benzene rings is 1. The molecular weight excluding hydrogens is 221 g/mol. The van der Waals surface area contributed by atoms with Crippen LogP contribution in [0.3, 0.4) is 0 Å². The standard InChI is InChI=1S/C13H16FNO2/c1-9-6-11(8-15(9)13(16)17)7-10-2-4-12(14)5-3-10/h2-5,9,11H,6-8H2,1H3,(H,16,17)/t9-,11-/m1/s1. The van der Waals surface area contributed by atoms with Gasteiger partial charge in [0.25, 0.3) is 0 Å². The molecule has 0 radical (unpaired) electrons. The predicted octanol–water partition coefficient (Wildman–Crippen LogP) is 2.76. The van der Waals surface area contributed by atoms with Crippen LogP contribution in [0.5, 0.6) is 0 Å². The number of amides is 1. The van der Waals surface area contributed by atoms with Crippen molar-refractivity contribution in [1.82, 2.24) is 4.90 Å². The third-order valence-electron chi connectivity index (χ3n) is 3.34. The monoisotopic (exact) mass is 237 g/mol. The van der Waals surface area contributed by atoms with Gasteiger partial charge in [0.15, 0.2) is 0 Å². The van der Waals surface area contributed by atoms with E-state index in [9.17, 15) is 9.18 Å². The number of hydrogen-bond acceptors (Lipinski definition) is 1. The molecule has 2 rings (SSSR count). The lowest BCUT2D eigenvalue weighted by atomic mass is 9.97. The quantitative estimate of drug-likeness (QED) is 0.859. The Hall–Kier alpha value is -1.58. The van der Waals surface area contributed by atoms with Crippen LogP contribution in [0.2, 0.25) is 0 Å². The van der Waals surface area contributed by atoms with Crippen LogP contribution in [0.4, 0.5) is 9.18 Å². The zero-order valence-corrected chi connectivity index (χ0v) is 9.77. The minimum absolute atomic E-state index is 0.0814. The van der Waals surface area contributed by atoms with Gasteiger partial charge in [-0.2, -0.15) is 0 Å². The smallest absolute Gasteiger partial charge is 0.407 e. The minimum Gasteiger partial charge on any atom is -0.465 e. The van der Waals surface area contributed by atoms with Crippen LogP contribution in [-0.2, 0) is 6.42 Å². The molecule has 2 atom stereocenters. The lowest BCUT2D eigenvalue weighted by Crippen LogP contribution is -2.32. The van der Waals surface area contributed by atoms with Crippen molar-refractivity contribution in [1.29, 1.82) is 0 Å². The van der Waals surface area contributed by atoms with Gasteiger partial charge in [-0.05, 0) is 43.4 Å². The molecule has 1 aliphatic heterocycles. The van der Waals surface area contributed by atoms with Gasteiger partial charge >= 0.3 is 6.09 Å². The van der Waals surface area contributed by atoms with Gasteiger partial charge in [-0.3, -0.25) is 0 Å².